The fraction of sp³-hybridized carbons (Fsp3) is 0. The van der Waals surface area contributed by atoms with Crippen LogP contribution in [0.5, 0.6) is 5.75 Å². The Morgan fingerprint density at radius 1 is 1.13 bits per heavy atom. The van der Waals surface area contributed by atoms with Gasteiger partial charge in [-0.2, -0.15) is 5.26 Å². The summed E-state index contributed by atoms with van der Waals surface area (Å²) in [7, 11) is 0. The summed E-state index contributed by atoms with van der Waals surface area (Å²) in [5.41, 5.74) is 1.12. The molecule has 0 aromatic heterocycles. The van der Waals surface area contributed by atoms with Gasteiger partial charge >= 0.3 is 0 Å². The van der Waals surface area contributed by atoms with Gasteiger partial charge in [0.1, 0.15) is 17.4 Å². The Bertz CT molecular complexity index is 818. The molecule has 0 saturated carbocycles. The Kier molecular flexibility index (Phi) is 5.99. The zero-order chi connectivity index (χ0) is 17.0. The minimum absolute atomic E-state index is 0.0507. The molecule has 0 heterocycles. The molecule has 0 unspecified atom stereocenters. The molecular weight excluding hydrogens is 492 g/mol. The summed E-state index contributed by atoms with van der Waals surface area (Å²) in [5, 5.41) is 21.6. The van der Waals surface area contributed by atoms with Crippen LogP contribution in [-0.4, -0.2) is 11.0 Å². The number of carbonyl (C=O) groups excluding carboxylic acids is 1. The van der Waals surface area contributed by atoms with Crippen LogP contribution in [0.2, 0.25) is 0 Å². The largest absolute Gasteiger partial charge is 0.506 e. The van der Waals surface area contributed by atoms with E-state index in [-0.39, 0.29) is 11.3 Å². The molecule has 0 spiro atoms. The second-order valence-corrected chi connectivity index (χ2v) is 7.00. The first kappa shape index (κ1) is 17.7. The number of hydrogen-bond acceptors (Lipinski definition) is 3. The first-order valence-electron chi connectivity index (χ1n) is 6.28. The van der Waals surface area contributed by atoms with Gasteiger partial charge < -0.3 is 10.4 Å². The molecule has 0 aliphatic rings. The van der Waals surface area contributed by atoms with Crippen molar-refractivity contribution in [3.63, 3.8) is 0 Å². The molecule has 0 radical (unpaired) electrons. The number of nitrogens with zero attached hydrogens (tertiary/aromatic N) is 1. The molecule has 0 aliphatic carbocycles. The molecule has 0 aliphatic heterocycles. The smallest absolute Gasteiger partial charge is 0.266 e. The normalized spacial score (nSPS) is 11.0. The van der Waals surface area contributed by atoms with Crippen LogP contribution < -0.4 is 5.32 Å². The molecule has 116 valence electrons. The first-order chi connectivity index (χ1) is 10.9. The van der Waals surface area contributed by atoms with Crippen LogP contribution in [0.25, 0.3) is 6.08 Å². The Labute approximate surface area is 158 Å². The second kappa shape index (κ2) is 7.77. The Morgan fingerprint density at radius 2 is 1.74 bits per heavy atom. The summed E-state index contributed by atoms with van der Waals surface area (Å²) < 4.78 is 1.64. The number of hydrogen-bond donors (Lipinski definition) is 2. The summed E-state index contributed by atoms with van der Waals surface area (Å²) in [4.78, 5) is 12.2. The zero-order valence-electron chi connectivity index (χ0n) is 11.5. The number of rotatable bonds is 3. The van der Waals surface area contributed by atoms with E-state index in [1.54, 1.807) is 30.3 Å². The van der Waals surface area contributed by atoms with Crippen molar-refractivity contribution in [1.29, 1.82) is 5.26 Å². The van der Waals surface area contributed by atoms with E-state index in [1.165, 1.54) is 6.08 Å². The van der Waals surface area contributed by atoms with Crippen molar-refractivity contribution in [1.82, 2.24) is 0 Å². The SMILES string of the molecule is N#C/C(=C\c1cc(Br)c(O)c(Br)c1)C(=O)Nc1ccccc1Br. The lowest BCUT2D eigenvalue weighted by Gasteiger charge is -2.07. The van der Waals surface area contributed by atoms with Gasteiger partial charge in [0.15, 0.2) is 0 Å². The summed E-state index contributed by atoms with van der Waals surface area (Å²) >= 11 is 9.75. The Balaban J connectivity index is 2.31. The fourth-order valence-electron chi connectivity index (χ4n) is 1.74. The van der Waals surface area contributed by atoms with Gasteiger partial charge in [-0.1, -0.05) is 12.1 Å². The van der Waals surface area contributed by atoms with Crippen LogP contribution in [0.1, 0.15) is 5.56 Å². The van der Waals surface area contributed by atoms with E-state index in [0.29, 0.717) is 20.2 Å². The number of carbonyl (C=O) groups is 1. The summed E-state index contributed by atoms with van der Waals surface area (Å²) in [6.45, 7) is 0. The number of anilines is 1. The van der Waals surface area contributed by atoms with E-state index in [1.807, 2.05) is 12.1 Å². The predicted molar refractivity (Wildman–Crippen MR) is 99.9 cm³/mol. The predicted octanol–water partition coefficient (Wildman–Crippen LogP) is 5.23. The number of nitrogens with one attached hydrogen (secondary N) is 1. The molecule has 4 nitrogen and oxygen atoms in total. The van der Waals surface area contributed by atoms with Crippen LogP contribution in [0, 0.1) is 11.3 Å². The molecule has 0 saturated heterocycles. The van der Waals surface area contributed by atoms with Crippen LogP contribution >= 0.6 is 47.8 Å². The first-order valence-corrected chi connectivity index (χ1v) is 8.66. The molecule has 2 aromatic rings. The lowest BCUT2D eigenvalue weighted by molar-refractivity contribution is -0.112. The maximum absolute atomic E-state index is 12.2. The van der Waals surface area contributed by atoms with E-state index in [9.17, 15) is 15.2 Å². The molecule has 7 heteroatoms. The van der Waals surface area contributed by atoms with Crippen LogP contribution in [0.15, 0.2) is 55.4 Å². The van der Waals surface area contributed by atoms with Gasteiger partial charge in [-0.15, -0.1) is 0 Å². The third-order valence-electron chi connectivity index (χ3n) is 2.84. The third kappa shape index (κ3) is 4.44. The molecule has 23 heavy (non-hydrogen) atoms. The lowest BCUT2D eigenvalue weighted by atomic mass is 10.1. The van der Waals surface area contributed by atoms with Gasteiger partial charge in [-0.05, 0) is 83.7 Å². The highest BCUT2D eigenvalue weighted by Crippen LogP contribution is 2.34. The van der Waals surface area contributed by atoms with E-state index < -0.39 is 5.91 Å². The maximum atomic E-state index is 12.2. The number of aromatic hydroxyl groups is 1. The Hall–Kier alpha value is -1.62. The van der Waals surface area contributed by atoms with E-state index in [0.717, 1.165) is 4.47 Å². The maximum Gasteiger partial charge on any atom is 0.266 e. The second-order valence-electron chi connectivity index (χ2n) is 4.44. The minimum atomic E-state index is -0.514. The van der Waals surface area contributed by atoms with E-state index in [2.05, 4.69) is 53.1 Å². The molecule has 2 N–H and O–H groups in total. The summed E-state index contributed by atoms with van der Waals surface area (Å²) in [6.07, 6.45) is 1.45. The van der Waals surface area contributed by atoms with Crippen LogP contribution in [0.3, 0.4) is 0 Å². The molecule has 2 rings (SSSR count). The number of phenols is 1. The van der Waals surface area contributed by atoms with Gasteiger partial charge in [0.05, 0.1) is 14.6 Å². The number of nitriles is 1. The average molecular weight is 501 g/mol. The molecule has 2 aromatic carbocycles. The summed E-state index contributed by atoms with van der Waals surface area (Å²) in [6, 6.07) is 12.2. The van der Waals surface area contributed by atoms with Crippen LogP contribution in [0.4, 0.5) is 5.69 Å². The Morgan fingerprint density at radius 3 is 2.30 bits per heavy atom. The molecule has 0 bridgehead atoms. The third-order valence-corrected chi connectivity index (χ3v) is 4.74. The number of phenolic OH excluding ortho intramolecular Hbond substituents is 1. The topological polar surface area (TPSA) is 73.1 Å². The van der Waals surface area contributed by atoms with E-state index >= 15 is 0 Å². The van der Waals surface area contributed by atoms with Crippen molar-refractivity contribution < 1.29 is 9.90 Å². The quantitative estimate of drug-likeness (QED) is 0.448. The molecule has 1 amide bonds. The zero-order valence-corrected chi connectivity index (χ0v) is 16.2. The monoisotopic (exact) mass is 498 g/mol. The molecule has 0 atom stereocenters. The molecular formula is C16H9Br3N2O2. The van der Waals surface area contributed by atoms with Gasteiger partial charge in [0.25, 0.3) is 5.91 Å². The number of halogens is 3. The standard InChI is InChI=1S/C16H9Br3N2O2/c17-11-3-1-2-4-14(11)21-16(23)10(8-20)5-9-6-12(18)15(22)13(19)7-9/h1-7,22H,(H,21,23)/b10-5+. The average Bonchev–Trinajstić information content (AvgIpc) is 2.52. The van der Waals surface area contributed by atoms with Crippen LogP contribution in [-0.2, 0) is 4.79 Å². The molecule has 0 fully saturated rings. The van der Waals surface area contributed by atoms with Crippen molar-refractivity contribution in [3.05, 3.63) is 61.0 Å². The van der Waals surface area contributed by atoms with Gasteiger partial charge in [0, 0.05) is 4.47 Å². The van der Waals surface area contributed by atoms with Crippen molar-refractivity contribution in [2.45, 2.75) is 0 Å². The van der Waals surface area contributed by atoms with Crippen molar-refractivity contribution in [3.8, 4) is 11.8 Å². The van der Waals surface area contributed by atoms with Crippen molar-refractivity contribution in [2.24, 2.45) is 0 Å². The number of amides is 1. The van der Waals surface area contributed by atoms with Crippen molar-refractivity contribution in [2.75, 3.05) is 5.32 Å². The fourth-order valence-corrected chi connectivity index (χ4v) is 3.34. The van der Waals surface area contributed by atoms with E-state index in [4.69, 9.17) is 0 Å². The number of benzene rings is 2. The van der Waals surface area contributed by atoms with Crippen molar-refractivity contribution >= 4 is 65.5 Å². The number of para-hydroxylation sites is 1. The van der Waals surface area contributed by atoms with Gasteiger partial charge in [-0.3, -0.25) is 4.79 Å². The highest BCUT2D eigenvalue weighted by molar-refractivity contribution is 9.11. The van der Waals surface area contributed by atoms with Gasteiger partial charge in [0.2, 0.25) is 0 Å². The summed E-state index contributed by atoms with van der Waals surface area (Å²) in [5.74, 6) is -0.460. The van der Waals surface area contributed by atoms with Gasteiger partial charge in [-0.25, -0.2) is 0 Å². The highest BCUT2D eigenvalue weighted by atomic mass is 79.9. The lowest BCUT2D eigenvalue weighted by Crippen LogP contribution is -2.13. The minimum Gasteiger partial charge on any atom is -0.506 e. The highest BCUT2D eigenvalue weighted by Gasteiger charge is 2.12.